The number of amides is 2. The van der Waals surface area contributed by atoms with Gasteiger partial charge < -0.3 is 20.1 Å². The molecule has 0 saturated carbocycles. The van der Waals surface area contributed by atoms with Crippen LogP contribution in [0.2, 0.25) is 0 Å². The van der Waals surface area contributed by atoms with Crippen LogP contribution in [0.4, 0.5) is 5.82 Å². The van der Waals surface area contributed by atoms with Crippen LogP contribution in [0.1, 0.15) is 12.0 Å². The van der Waals surface area contributed by atoms with Gasteiger partial charge in [-0.3, -0.25) is 19.1 Å². The number of hydrogen-bond acceptors (Lipinski definition) is 5. The Morgan fingerprint density at radius 3 is 2.70 bits per heavy atom. The Morgan fingerprint density at radius 1 is 1.30 bits per heavy atom. The van der Waals surface area contributed by atoms with Gasteiger partial charge in [-0.25, -0.2) is 0 Å². The average molecular weight is 372 g/mol. The van der Waals surface area contributed by atoms with E-state index in [4.69, 9.17) is 9.84 Å². The number of rotatable bonds is 7. The van der Waals surface area contributed by atoms with E-state index in [0.717, 1.165) is 11.3 Å². The molecule has 9 heteroatoms. The molecule has 1 saturated heterocycles. The third kappa shape index (κ3) is 4.63. The first-order valence-corrected chi connectivity index (χ1v) is 8.41. The number of aliphatic carboxylic acids is 1. The standard InChI is InChI=1S/C18H20N4O5/c1-27-14-4-2-12(3-5-14)9-21-10-13(8-16(21)23)18(26)19-15-6-7-22(20-15)11-17(24)25/h2-7,13H,8-11H2,1H3,(H,24,25)(H,19,20,26)/t13-/m1/s1. The van der Waals surface area contributed by atoms with Gasteiger partial charge in [-0.2, -0.15) is 5.10 Å². The third-order valence-corrected chi connectivity index (χ3v) is 4.31. The van der Waals surface area contributed by atoms with Crippen molar-refractivity contribution in [1.82, 2.24) is 14.7 Å². The highest BCUT2D eigenvalue weighted by Crippen LogP contribution is 2.22. The van der Waals surface area contributed by atoms with Gasteiger partial charge in [-0.15, -0.1) is 0 Å². The number of anilines is 1. The molecule has 1 aliphatic heterocycles. The zero-order valence-corrected chi connectivity index (χ0v) is 14.8. The molecular formula is C18H20N4O5. The Bertz CT molecular complexity index is 846. The summed E-state index contributed by atoms with van der Waals surface area (Å²) in [4.78, 5) is 36.9. The van der Waals surface area contributed by atoms with E-state index in [9.17, 15) is 14.4 Å². The lowest BCUT2D eigenvalue weighted by molar-refractivity contribution is -0.138. The topological polar surface area (TPSA) is 114 Å². The number of methoxy groups -OCH3 is 1. The number of benzene rings is 1. The first-order valence-electron chi connectivity index (χ1n) is 8.41. The normalized spacial score (nSPS) is 16.4. The van der Waals surface area contributed by atoms with Crippen molar-refractivity contribution in [3.63, 3.8) is 0 Å². The number of likely N-dealkylation sites (tertiary alicyclic amines) is 1. The maximum absolute atomic E-state index is 12.4. The molecule has 2 amide bonds. The predicted octanol–water partition coefficient (Wildman–Crippen LogP) is 0.963. The molecule has 1 aliphatic rings. The van der Waals surface area contributed by atoms with Crippen molar-refractivity contribution in [2.75, 3.05) is 19.0 Å². The second kappa shape index (κ2) is 7.90. The van der Waals surface area contributed by atoms with Crippen LogP contribution in [0.15, 0.2) is 36.5 Å². The molecule has 142 valence electrons. The molecule has 27 heavy (non-hydrogen) atoms. The van der Waals surface area contributed by atoms with Crippen molar-refractivity contribution >= 4 is 23.6 Å². The highest BCUT2D eigenvalue weighted by molar-refractivity contribution is 5.96. The Morgan fingerprint density at radius 2 is 2.04 bits per heavy atom. The quantitative estimate of drug-likeness (QED) is 0.748. The molecule has 0 bridgehead atoms. The fourth-order valence-electron chi connectivity index (χ4n) is 2.94. The van der Waals surface area contributed by atoms with Gasteiger partial charge in [0, 0.05) is 31.8 Å². The van der Waals surface area contributed by atoms with Crippen molar-refractivity contribution in [3.05, 3.63) is 42.1 Å². The van der Waals surface area contributed by atoms with E-state index in [1.165, 1.54) is 16.9 Å². The highest BCUT2D eigenvalue weighted by Gasteiger charge is 2.34. The molecule has 2 N–H and O–H groups in total. The molecular weight excluding hydrogens is 352 g/mol. The zero-order valence-electron chi connectivity index (χ0n) is 14.8. The van der Waals surface area contributed by atoms with Gasteiger partial charge in [0.15, 0.2) is 5.82 Å². The van der Waals surface area contributed by atoms with E-state index in [-0.39, 0.29) is 30.6 Å². The minimum Gasteiger partial charge on any atom is -0.497 e. The smallest absolute Gasteiger partial charge is 0.325 e. The lowest BCUT2D eigenvalue weighted by atomic mass is 10.1. The molecule has 0 unspecified atom stereocenters. The Labute approximate surface area is 155 Å². The molecule has 1 aromatic carbocycles. The number of ether oxygens (including phenoxy) is 1. The molecule has 3 rings (SSSR count). The predicted molar refractivity (Wildman–Crippen MR) is 95.0 cm³/mol. The second-order valence-corrected chi connectivity index (χ2v) is 6.30. The molecule has 0 spiro atoms. The second-order valence-electron chi connectivity index (χ2n) is 6.30. The maximum atomic E-state index is 12.4. The van der Waals surface area contributed by atoms with Gasteiger partial charge in [0.05, 0.1) is 13.0 Å². The molecule has 0 aliphatic carbocycles. The number of hydrogen-bond donors (Lipinski definition) is 2. The van der Waals surface area contributed by atoms with Crippen LogP contribution in [-0.4, -0.2) is 51.2 Å². The van der Waals surface area contributed by atoms with Crippen LogP contribution in [0.5, 0.6) is 5.75 Å². The van der Waals surface area contributed by atoms with Gasteiger partial charge in [0.25, 0.3) is 0 Å². The number of carbonyl (C=O) groups excluding carboxylic acids is 2. The summed E-state index contributed by atoms with van der Waals surface area (Å²) in [6, 6.07) is 8.94. The van der Waals surface area contributed by atoms with E-state index < -0.39 is 11.9 Å². The maximum Gasteiger partial charge on any atom is 0.325 e. The van der Waals surface area contributed by atoms with Gasteiger partial charge in [-0.1, -0.05) is 12.1 Å². The molecule has 2 aromatic rings. The largest absolute Gasteiger partial charge is 0.497 e. The molecule has 0 radical (unpaired) electrons. The monoisotopic (exact) mass is 372 g/mol. The summed E-state index contributed by atoms with van der Waals surface area (Å²) in [5.41, 5.74) is 0.956. The van der Waals surface area contributed by atoms with Crippen LogP contribution in [0.25, 0.3) is 0 Å². The minimum absolute atomic E-state index is 0.0811. The van der Waals surface area contributed by atoms with Gasteiger partial charge in [0.1, 0.15) is 12.3 Å². The first kappa shape index (κ1) is 18.4. The summed E-state index contributed by atoms with van der Waals surface area (Å²) >= 11 is 0. The summed E-state index contributed by atoms with van der Waals surface area (Å²) in [6.07, 6.45) is 1.61. The molecule has 9 nitrogen and oxygen atoms in total. The van der Waals surface area contributed by atoms with Crippen LogP contribution >= 0.6 is 0 Å². The summed E-state index contributed by atoms with van der Waals surface area (Å²) in [7, 11) is 1.59. The summed E-state index contributed by atoms with van der Waals surface area (Å²) in [5, 5.41) is 15.4. The molecule has 1 atom stereocenters. The number of nitrogens with zero attached hydrogens (tertiary/aromatic N) is 3. The van der Waals surface area contributed by atoms with Gasteiger partial charge in [-0.05, 0) is 17.7 Å². The van der Waals surface area contributed by atoms with E-state index >= 15 is 0 Å². The highest BCUT2D eigenvalue weighted by atomic mass is 16.5. The van der Waals surface area contributed by atoms with Gasteiger partial charge in [0.2, 0.25) is 11.8 Å². The van der Waals surface area contributed by atoms with Crippen molar-refractivity contribution in [1.29, 1.82) is 0 Å². The average Bonchev–Trinajstić information content (AvgIpc) is 3.22. The fraction of sp³-hybridized carbons (Fsp3) is 0.333. The van der Waals surface area contributed by atoms with Crippen molar-refractivity contribution in [2.24, 2.45) is 5.92 Å². The van der Waals surface area contributed by atoms with Crippen molar-refractivity contribution in [2.45, 2.75) is 19.5 Å². The summed E-state index contributed by atoms with van der Waals surface area (Å²) < 4.78 is 6.33. The number of carboxylic acid groups (broad SMARTS) is 1. The summed E-state index contributed by atoms with van der Waals surface area (Å²) in [6.45, 7) is 0.472. The Balaban J connectivity index is 1.56. The lowest BCUT2D eigenvalue weighted by Gasteiger charge is -2.16. The Hall–Kier alpha value is -3.36. The van der Waals surface area contributed by atoms with E-state index in [1.807, 2.05) is 24.3 Å². The first-order chi connectivity index (χ1) is 12.9. The van der Waals surface area contributed by atoms with Crippen molar-refractivity contribution < 1.29 is 24.2 Å². The van der Waals surface area contributed by atoms with Crippen LogP contribution in [0.3, 0.4) is 0 Å². The molecule has 1 fully saturated rings. The summed E-state index contributed by atoms with van der Waals surface area (Å²) in [5.74, 6) is -0.871. The fourth-order valence-corrected chi connectivity index (χ4v) is 2.94. The molecule has 2 heterocycles. The SMILES string of the molecule is COc1ccc(CN2C[C@H](C(=O)Nc3ccn(CC(=O)O)n3)CC2=O)cc1. The van der Waals surface area contributed by atoms with Crippen LogP contribution < -0.4 is 10.1 Å². The number of carbonyl (C=O) groups is 3. The molecule has 1 aromatic heterocycles. The van der Waals surface area contributed by atoms with E-state index in [2.05, 4.69) is 10.4 Å². The zero-order chi connectivity index (χ0) is 19.4. The number of aromatic nitrogens is 2. The third-order valence-electron chi connectivity index (χ3n) is 4.31. The van der Waals surface area contributed by atoms with E-state index in [1.54, 1.807) is 12.0 Å². The lowest BCUT2D eigenvalue weighted by Crippen LogP contribution is -2.28. The Kier molecular flexibility index (Phi) is 5.39. The number of nitrogens with one attached hydrogen (secondary N) is 1. The van der Waals surface area contributed by atoms with Gasteiger partial charge >= 0.3 is 5.97 Å². The number of carboxylic acids is 1. The van der Waals surface area contributed by atoms with E-state index in [0.29, 0.717) is 13.1 Å². The van der Waals surface area contributed by atoms with Crippen LogP contribution in [-0.2, 0) is 27.5 Å². The minimum atomic E-state index is -1.02. The van der Waals surface area contributed by atoms with Crippen molar-refractivity contribution in [3.8, 4) is 5.75 Å². The van der Waals surface area contributed by atoms with Crippen LogP contribution in [0, 0.1) is 5.92 Å².